The topological polar surface area (TPSA) is 45.3 Å². The van der Waals surface area contributed by atoms with Gasteiger partial charge in [-0.15, -0.1) is 0 Å². The van der Waals surface area contributed by atoms with Gasteiger partial charge in [0.15, 0.2) is 11.5 Å². The van der Waals surface area contributed by atoms with E-state index in [1.807, 2.05) is 54.4 Å². The molecule has 2 fully saturated rings. The third kappa shape index (κ3) is 3.19. The predicted molar refractivity (Wildman–Crippen MR) is 116 cm³/mol. The number of carbonyl (C=O) groups excluding carboxylic acids is 1. The van der Waals surface area contributed by atoms with Crippen LogP contribution in [0.15, 0.2) is 54.6 Å². The molecule has 0 aromatic heterocycles. The van der Waals surface area contributed by atoms with Crippen molar-refractivity contribution in [2.24, 2.45) is 0 Å². The monoisotopic (exact) mass is 407 g/mol. The maximum absolute atomic E-state index is 13.2. The Hall–Kier alpha value is -2.73. The zero-order valence-corrected chi connectivity index (χ0v) is 17.7. The van der Waals surface area contributed by atoms with Crippen LogP contribution in [0.5, 0.6) is 11.5 Å². The minimum absolute atomic E-state index is 0.00384. The van der Waals surface area contributed by atoms with Gasteiger partial charge in [-0.25, -0.2) is 0 Å². The van der Waals surface area contributed by atoms with Gasteiger partial charge < -0.3 is 19.3 Å². The number of hydrogen-bond donors (Lipinski definition) is 0. The van der Waals surface area contributed by atoms with E-state index in [1.165, 1.54) is 0 Å². The van der Waals surface area contributed by atoms with Crippen molar-refractivity contribution in [1.82, 2.24) is 9.80 Å². The van der Waals surface area contributed by atoms with Gasteiger partial charge in [0, 0.05) is 32.4 Å². The third-order valence-corrected chi connectivity index (χ3v) is 6.77. The lowest BCUT2D eigenvalue weighted by Crippen LogP contribution is -2.58. The second-order valence-electron chi connectivity index (χ2n) is 8.67. The Morgan fingerprint density at radius 2 is 1.60 bits per heavy atom. The lowest BCUT2D eigenvalue weighted by molar-refractivity contribution is -0.132. The molecule has 1 spiro atoms. The average molecular weight is 408 g/mol. The fourth-order valence-electron chi connectivity index (χ4n) is 5.03. The molecule has 2 saturated heterocycles. The highest BCUT2D eigenvalue weighted by atomic mass is 16.6. The van der Waals surface area contributed by atoms with Gasteiger partial charge in [-0.2, -0.15) is 0 Å². The molecule has 30 heavy (non-hydrogen) atoms. The van der Waals surface area contributed by atoms with Crippen molar-refractivity contribution in [2.45, 2.75) is 37.5 Å². The lowest BCUT2D eigenvalue weighted by Gasteiger charge is -2.44. The molecule has 3 heterocycles. The minimum Gasteiger partial charge on any atom is -0.483 e. The van der Waals surface area contributed by atoms with Crippen molar-refractivity contribution < 1.29 is 14.3 Å². The standard InChI is InChI=1S/C24H29N3O3/c1-18-22(30-21-11-7-6-10-20(21)29-18)16-26-14-12-24(13-15-26)23(28)25(2)17-27(24)19-8-4-3-5-9-19/h3-11,18,22H,12-17H2,1-2H3. The highest BCUT2D eigenvalue weighted by Crippen LogP contribution is 2.39. The van der Waals surface area contributed by atoms with Crippen LogP contribution in [0.2, 0.25) is 0 Å². The number of nitrogens with zero attached hydrogens (tertiary/aromatic N) is 3. The molecular weight excluding hydrogens is 378 g/mol. The summed E-state index contributed by atoms with van der Waals surface area (Å²) in [5.41, 5.74) is 0.687. The van der Waals surface area contributed by atoms with Crippen LogP contribution < -0.4 is 14.4 Å². The Labute approximate surface area is 178 Å². The maximum atomic E-state index is 13.2. The van der Waals surface area contributed by atoms with Crippen LogP contribution in [0.25, 0.3) is 0 Å². The Balaban J connectivity index is 1.28. The first-order chi connectivity index (χ1) is 14.6. The van der Waals surface area contributed by atoms with E-state index in [0.29, 0.717) is 6.67 Å². The van der Waals surface area contributed by atoms with Crippen molar-refractivity contribution in [3.8, 4) is 11.5 Å². The van der Waals surface area contributed by atoms with E-state index in [0.717, 1.165) is 49.7 Å². The highest BCUT2D eigenvalue weighted by molar-refractivity contribution is 5.93. The molecule has 0 N–H and O–H groups in total. The summed E-state index contributed by atoms with van der Waals surface area (Å²) in [4.78, 5) is 19.7. The molecule has 0 bridgehead atoms. The predicted octanol–water partition coefficient (Wildman–Crippen LogP) is 2.99. The van der Waals surface area contributed by atoms with Crippen LogP contribution in [0, 0.1) is 0 Å². The molecule has 0 saturated carbocycles. The summed E-state index contributed by atoms with van der Waals surface area (Å²) < 4.78 is 12.3. The number of carbonyl (C=O) groups is 1. The fourth-order valence-corrected chi connectivity index (χ4v) is 5.03. The van der Waals surface area contributed by atoms with Gasteiger partial charge in [-0.1, -0.05) is 30.3 Å². The van der Waals surface area contributed by atoms with E-state index >= 15 is 0 Å². The molecule has 2 unspecified atom stereocenters. The number of hydrogen-bond acceptors (Lipinski definition) is 5. The second kappa shape index (κ2) is 7.51. The van der Waals surface area contributed by atoms with Crippen LogP contribution in [0.1, 0.15) is 19.8 Å². The molecule has 0 aliphatic carbocycles. The van der Waals surface area contributed by atoms with E-state index in [4.69, 9.17) is 9.47 Å². The highest BCUT2D eigenvalue weighted by Gasteiger charge is 2.52. The van der Waals surface area contributed by atoms with Crippen molar-refractivity contribution in [3.63, 3.8) is 0 Å². The average Bonchev–Trinajstić information content (AvgIpc) is 3.01. The molecule has 6 heteroatoms. The van der Waals surface area contributed by atoms with Gasteiger partial charge in [0.05, 0.1) is 6.67 Å². The number of benzene rings is 2. The van der Waals surface area contributed by atoms with Crippen molar-refractivity contribution >= 4 is 11.6 Å². The number of anilines is 1. The van der Waals surface area contributed by atoms with Gasteiger partial charge in [0.1, 0.15) is 17.7 Å². The van der Waals surface area contributed by atoms with Gasteiger partial charge in [0.2, 0.25) is 5.91 Å². The first-order valence-electron chi connectivity index (χ1n) is 10.8. The molecule has 158 valence electrons. The number of fused-ring (bicyclic) bond motifs is 1. The van der Waals surface area contributed by atoms with E-state index in [-0.39, 0.29) is 18.1 Å². The fraction of sp³-hybridized carbons (Fsp3) is 0.458. The summed E-state index contributed by atoms with van der Waals surface area (Å²) in [5.74, 6) is 1.87. The van der Waals surface area contributed by atoms with Crippen LogP contribution in [-0.2, 0) is 4.79 Å². The number of amides is 1. The van der Waals surface area contributed by atoms with Crippen LogP contribution in [0.4, 0.5) is 5.69 Å². The summed E-state index contributed by atoms with van der Waals surface area (Å²) in [6.07, 6.45) is 1.63. The summed E-state index contributed by atoms with van der Waals surface area (Å²) in [7, 11) is 1.91. The van der Waals surface area contributed by atoms with Crippen molar-refractivity contribution in [2.75, 3.05) is 38.3 Å². The Bertz CT molecular complexity index is 911. The molecule has 2 aromatic carbocycles. The Morgan fingerprint density at radius 1 is 0.967 bits per heavy atom. The van der Waals surface area contributed by atoms with Gasteiger partial charge >= 0.3 is 0 Å². The molecule has 5 rings (SSSR count). The molecule has 3 aliphatic rings. The summed E-state index contributed by atoms with van der Waals surface area (Å²) in [6.45, 7) is 5.27. The third-order valence-electron chi connectivity index (χ3n) is 6.77. The Kier molecular flexibility index (Phi) is 4.82. The van der Waals surface area contributed by atoms with E-state index in [1.54, 1.807) is 0 Å². The minimum atomic E-state index is -0.436. The molecule has 6 nitrogen and oxygen atoms in total. The van der Waals surface area contributed by atoms with Crippen molar-refractivity contribution in [1.29, 1.82) is 0 Å². The smallest absolute Gasteiger partial charge is 0.249 e. The van der Waals surface area contributed by atoms with Crippen LogP contribution >= 0.6 is 0 Å². The molecule has 0 radical (unpaired) electrons. The molecule has 3 aliphatic heterocycles. The summed E-state index contributed by atoms with van der Waals surface area (Å²) >= 11 is 0. The van der Waals surface area contributed by atoms with E-state index in [9.17, 15) is 4.79 Å². The SMILES string of the molecule is CC1Oc2ccccc2OC1CN1CCC2(CC1)C(=O)N(C)CN2c1ccccc1. The van der Waals surface area contributed by atoms with E-state index in [2.05, 4.69) is 28.9 Å². The van der Waals surface area contributed by atoms with E-state index < -0.39 is 5.54 Å². The number of ether oxygens (including phenoxy) is 2. The van der Waals surface area contributed by atoms with Gasteiger partial charge in [-0.05, 0) is 44.0 Å². The normalized spacial score (nSPS) is 25.7. The summed E-state index contributed by atoms with van der Waals surface area (Å²) in [5, 5.41) is 0. The number of rotatable bonds is 3. The number of likely N-dealkylation sites (N-methyl/N-ethyl adjacent to an activating group) is 1. The first-order valence-corrected chi connectivity index (χ1v) is 10.8. The lowest BCUT2D eigenvalue weighted by atomic mass is 9.85. The zero-order chi connectivity index (χ0) is 20.7. The maximum Gasteiger partial charge on any atom is 0.249 e. The molecule has 1 amide bonds. The van der Waals surface area contributed by atoms with Crippen LogP contribution in [0.3, 0.4) is 0 Å². The summed E-state index contributed by atoms with van der Waals surface area (Å²) in [6, 6.07) is 18.2. The largest absolute Gasteiger partial charge is 0.483 e. The van der Waals surface area contributed by atoms with Crippen molar-refractivity contribution in [3.05, 3.63) is 54.6 Å². The van der Waals surface area contributed by atoms with Gasteiger partial charge in [-0.3, -0.25) is 9.69 Å². The number of para-hydroxylation sites is 3. The van der Waals surface area contributed by atoms with Crippen LogP contribution in [-0.4, -0.2) is 66.8 Å². The molecule has 2 aromatic rings. The zero-order valence-electron chi connectivity index (χ0n) is 17.7. The second-order valence-corrected chi connectivity index (χ2v) is 8.67. The quantitative estimate of drug-likeness (QED) is 0.783. The van der Waals surface area contributed by atoms with Gasteiger partial charge in [0.25, 0.3) is 0 Å². The molecule has 2 atom stereocenters. The number of piperidine rings is 1. The Morgan fingerprint density at radius 3 is 2.30 bits per heavy atom. The number of likely N-dealkylation sites (tertiary alicyclic amines) is 1. The molecular formula is C24H29N3O3. The first kappa shape index (κ1) is 19.2.